The van der Waals surface area contributed by atoms with Gasteiger partial charge in [0.15, 0.2) is 0 Å². The summed E-state index contributed by atoms with van der Waals surface area (Å²) in [6.07, 6.45) is 1.69. The quantitative estimate of drug-likeness (QED) is 0.199. The first-order chi connectivity index (χ1) is 16.7. The summed E-state index contributed by atoms with van der Waals surface area (Å²) in [5.41, 5.74) is 5.25. The van der Waals surface area contributed by atoms with Gasteiger partial charge in [-0.25, -0.2) is 4.98 Å². The maximum Gasteiger partial charge on any atom is 0.217 e. The molecule has 2 aromatic heterocycles. The van der Waals surface area contributed by atoms with Crippen LogP contribution in [0.2, 0.25) is 0 Å². The topological polar surface area (TPSA) is 55.2 Å². The van der Waals surface area contributed by atoms with Crippen LogP contribution in [0.5, 0.6) is 17.4 Å². The Morgan fingerprint density at radius 3 is 2.29 bits per heavy atom. The van der Waals surface area contributed by atoms with Crippen LogP contribution in [0.4, 0.5) is 0 Å². The molecular formula is C30H23N2O2Pt-. The summed E-state index contributed by atoms with van der Waals surface area (Å²) < 4.78 is 5.89. The molecule has 1 unspecified atom stereocenters. The van der Waals surface area contributed by atoms with E-state index in [9.17, 15) is 5.11 Å². The number of hydrogen-bond donors (Lipinski definition) is 1. The van der Waals surface area contributed by atoms with Crippen molar-refractivity contribution in [3.05, 3.63) is 127 Å². The zero-order chi connectivity index (χ0) is 23.3. The second-order valence-electron chi connectivity index (χ2n) is 8.02. The first kappa shape index (κ1) is 24.4. The summed E-state index contributed by atoms with van der Waals surface area (Å²) in [7, 11) is 0. The molecule has 0 aliphatic rings. The summed E-state index contributed by atoms with van der Waals surface area (Å²) in [4.78, 5) is 9.12. The van der Waals surface area contributed by atoms with Crippen molar-refractivity contribution in [3.63, 3.8) is 0 Å². The van der Waals surface area contributed by atoms with Gasteiger partial charge in [-0.15, -0.1) is 23.8 Å². The maximum atomic E-state index is 10.5. The molecular weight excluding hydrogens is 615 g/mol. The Morgan fingerprint density at radius 2 is 1.51 bits per heavy atom. The fourth-order valence-corrected chi connectivity index (χ4v) is 3.88. The number of pyridine rings is 2. The van der Waals surface area contributed by atoms with Crippen molar-refractivity contribution in [2.75, 3.05) is 0 Å². The van der Waals surface area contributed by atoms with Gasteiger partial charge >= 0.3 is 0 Å². The molecule has 0 aliphatic carbocycles. The minimum atomic E-state index is 0. The van der Waals surface area contributed by atoms with Gasteiger partial charge in [0.2, 0.25) is 5.88 Å². The second-order valence-corrected chi connectivity index (χ2v) is 8.02. The zero-order valence-corrected chi connectivity index (χ0v) is 21.3. The van der Waals surface area contributed by atoms with Crippen LogP contribution in [0, 0.1) is 6.07 Å². The first-order valence-corrected chi connectivity index (χ1v) is 11.1. The van der Waals surface area contributed by atoms with E-state index in [1.54, 1.807) is 18.3 Å². The van der Waals surface area contributed by atoms with Crippen molar-refractivity contribution < 1.29 is 30.9 Å². The van der Waals surface area contributed by atoms with E-state index in [1.165, 1.54) is 5.56 Å². The van der Waals surface area contributed by atoms with Gasteiger partial charge in [-0.1, -0.05) is 67.6 Å². The third-order valence-electron chi connectivity index (χ3n) is 5.72. The normalized spacial score (nSPS) is 11.3. The molecule has 5 heteroatoms. The Balaban J connectivity index is 0.00000289. The Morgan fingerprint density at radius 1 is 0.771 bits per heavy atom. The van der Waals surface area contributed by atoms with Crippen LogP contribution in [0.1, 0.15) is 24.0 Å². The molecule has 2 heterocycles. The number of aromatic nitrogens is 2. The number of nitrogens with zero attached hydrogens (tertiary/aromatic N) is 2. The van der Waals surface area contributed by atoms with Crippen molar-refractivity contribution >= 4 is 0 Å². The van der Waals surface area contributed by atoms with Crippen molar-refractivity contribution in [1.82, 2.24) is 9.97 Å². The summed E-state index contributed by atoms with van der Waals surface area (Å²) in [5, 5.41) is 10.5. The standard InChI is InChI=1S/C30H23N2O2.Pt/c1-21(22-10-3-2-4-11-22)24-19-27(32-28(20-24)26-14-5-6-15-29(26)33)23-12-9-13-25(18-23)34-30-16-7-8-17-31-30;/h2-17,19-21,33H,1H3;/q-1;. The van der Waals surface area contributed by atoms with Gasteiger partial charge in [0.05, 0.1) is 5.69 Å². The van der Waals surface area contributed by atoms with E-state index >= 15 is 0 Å². The van der Waals surface area contributed by atoms with Crippen LogP contribution >= 0.6 is 0 Å². The number of rotatable bonds is 6. The van der Waals surface area contributed by atoms with E-state index in [0.717, 1.165) is 16.8 Å². The van der Waals surface area contributed by atoms with Crippen LogP contribution in [-0.4, -0.2) is 15.1 Å². The largest absolute Gasteiger partial charge is 0.507 e. The summed E-state index contributed by atoms with van der Waals surface area (Å²) in [6, 6.07) is 36.3. The van der Waals surface area contributed by atoms with Gasteiger partial charge in [-0.05, 0) is 41.1 Å². The molecule has 176 valence electrons. The van der Waals surface area contributed by atoms with Gasteiger partial charge in [0.1, 0.15) is 5.75 Å². The monoisotopic (exact) mass is 638 g/mol. The summed E-state index contributed by atoms with van der Waals surface area (Å²) >= 11 is 0. The Labute approximate surface area is 219 Å². The molecule has 1 atom stereocenters. The summed E-state index contributed by atoms with van der Waals surface area (Å²) in [5.74, 6) is 1.40. The number of phenolic OH excluding ortho intramolecular Hbond substituents is 1. The predicted molar refractivity (Wildman–Crippen MR) is 134 cm³/mol. The van der Waals surface area contributed by atoms with Gasteiger partial charge in [-0.2, -0.15) is 0 Å². The molecule has 4 nitrogen and oxygen atoms in total. The first-order valence-electron chi connectivity index (χ1n) is 11.1. The SMILES string of the molecule is CC(c1ccccc1)c1cc(-c2[c-]c(Oc3ccccn3)ccc2)nc(-c2ccccc2O)c1.[Pt]. The van der Waals surface area contributed by atoms with Crippen LogP contribution < -0.4 is 4.74 Å². The average molecular weight is 639 g/mol. The molecule has 35 heavy (non-hydrogen) atoms. The number of para-hydroxylation sites is 1. The molecule has 5 rings (SSSR count). The van der Waals surface area contributed by atoms with Crippen molar-refractivity contribution in [2.45, 2.75) is 12.8 Å². The number of hydrogen-bond acceptors (Lipinski definition) is 4. The van der Waals surface area contributed by atoms with E-state index in [2.05, 4.69) is 36.2 Å². The molecule has 0 amide bonds. The summed E-state index contributed by atoms with van der Waals surface area (Å²) in [6.45, 7) is 2.17. The van der Waals surface area contributed by atoms with Gasteiger partial charge in [0, 0.05) is 50.6 Å². The minimum Gasteiger partial charge on any atom is -0.507 e. The van der Waals surface area contributed by atoms with E-state index in [1.807, 2.05) is 72.8 Å². The van der Waals surface area contributed by atoms with E-state index in [4.69, 9.17) is 9.72 Å². The molecule has 3 aromatic carbocycles. The van der Waals surface area contributed by atoms with Crippen molar-refractivity contribution in [3.8, 4) is 39.9 Å². The molecule has 0 fully saturated rings. The van der Waals surface area contributed by atoms with E-state index in [-0.39, 0.29) is 32.7 Å². The average Bonchev–Trinajstić information content (AvgIpc) is 2.89. The van der Waals surface area contributed by atoms with Crippen LogP contribution in [0.15, 0.2) is 109 Å². The third-order valence-corrected chi connectivity index (χ3v) is 5.72. The van der Waals surface area contributed by atoms with Crippen molar-refractivity contribution in [2.24, 2.45) is 0 Å². The molecule has 1 N–H and O–H groups in total. The minimum absolute atomic E-state index is 0. The predicted octanol–water partition coefficient (Wildman–Crippen LogP) is 7.26. The fraction of sp³-hybridized carbons (Fsp3) is 0.0667. The van der Waals surface area contributed by atoms with Crippen LogP contribution in [-0.2, 0) is 21.1 Å². The Kier molecular flexibility index (Phi) is 7.74. The number of aromatic hydroxyl groups is 1. The zero-order valence-electron chi connectivity index (χ0n) is 19.0. The molecule has 5 aromatic rings. The molecule has 0 radical (unpaired) electrons. The molecule has 0 bridgehead atoms. The molecule has 0 saturated carbocycles. The van der Waals surface area contributed by atoms with Gasteiger partial charge < -0.3 is 9.84 Å². The van der Waals surface area contributed by atoms with Gasteiger partial charge in [0.25, 0.3) is 0 Å². The number of benzene rings is 3. The maximum absolute atomic E-state index is 10.5. The smallest absolute Gasteiger partial charge is 0.217 e. The molecule has 0 aliphatic heterocycles. The van der Waals surface area contributed by atoms with E-state index in [0.29, 0.717) is 22.9 Å². The fourth-order valence-electron chi connectivity index (χ4n) is 3.88. The number of phenols is 1. The molecule has 0 saturated heterocycles. The second kappa shape index (κ2) is 11.1. The van der Waals surface area contributed by atoms with Crippen LogP contribution in [0.25, 0.3) is 22.5 Å². The van der Waals surface area contributed by atoms with Crippen LogP contribution in [0.3, 0.4) is 0 Å². The van der Waals surface area contributed by atoms with Gasteiger partial charge in [-0.3, -0.25) is 4.98 Å². The van der Waals surface area contributed by atoms with Crippen molar-refractivity contribution in [1.29, 1.82) is 0 Å². The Hall–Kier alpha value is -3.75. The Bertz CT molecular complexity index is 1410. The third kappa shape index (κ3) is 5.67. The van der Waals surface area contributed by atoms with E-state index < -0.39 is 0 Å². The molecule has 0 spiro atoms. The number of ether oxygens (including phenoxy) is 1.